The second kappa shape index (κ2) is 5.61. The van der Waals surface area contributed by atoms with Crippen molar-refractivity contribution in [1.82, 2.24) is 10.2 Å². The van der Waals surface area contributed by atoms with Crippen molar-refractivity contribution in [2.24, 2.45) is 11.8 Å². The van der Waals surface area contributed by atoms with E-state index in [0.717, 1.165) is 11.8 Å². The number of likely N-dealkylation sites (tertiary alicyclic amines) is 1. The van der Waals surface area contributed by atoms with Gasteiger partial charge in [-0.1, -0.05) is 13.8 Å². The van der Waals surface area contributed by atoms with Crippen LogP contribution in [0.1, 0.15) is 26.7 Å². The quantitative estimate of drug-likeness (QED) is 0.615. The molecule has 0 saturated carbocycles. The van der Waals surface area contributed by atoms with Crippen molar-refractivity contribution in [1.29, 1.82) is 0 Å². The van der Waals surface area contributed by atoms with E-state index in [4.69, 9.17) is 0 Å². The van der Waals surface area contributed by atoms with Crippen LogP contribution in [0.15, 0.2) is 0 Å². The Morgan fingerprint density at radius 2 is 1.92 bits per heavy atom. The Morgan fingerprint density at radius 1 is 1.15 bits per heavy atom. The van der Waals surface area contributed by atoms with E-state index < -0.39 is 0 Å². The van der Waals surface area contributed by atoms with Crippen LogP contribution in [0, 0.1) is 11.8 Å². The topological polar surface area (TPSA) is 15.3 Å². The molecule has 2 heterocycles. The van der Waals surface area contributed by atoms with Gasteiger partial charge in [-0.3, -0.25) is 0 Å². The third-order valence-corrected chi connectivity index (χ3v) is 3.19. The van der Waals surface area contributed by atoms with Gasteiger partial charge in [-0.15, -0.1) is 0 Å². The minimum Gasteiger partial charge on any atom is -0.316 e. The van der Waals surface area contributed by atoms with Crippen molar-refractivity contribution in [2.75, 3.05) is 33.2 Å². The Morgan fingerprint density at radius 3 is 2.69 bits per heavy atom. The molecule has 2 saturated heterocycles. The zero-order chi connectivity index (χ0) is 9.68. The number of fused-ring (bicyclic) bond motifs is 1. The highest BCUT2D eigenvalue weighted by Gasteiger charge is 2.29. The van der Waals surface area contributed by atoms with Crippen LogP contribution < -0.4 is 5.32 Å². The summed E-state index contributed by atoms with van der Waals surface area (Å²) in [5.74, 6) is 1.98. The molecule has 1 N–H and O–H groups in total. The van der Waals surface area contributed by atoms with Gasteiger partial charge in [-0.25, -0.2) is 0 Å². The number of hydrogen-bond acceptors (Lipinski definition) is 2. The van der Waals surface area contributed by atoms with Crippen LogP contribution in [0.25, 0.3) is 0 Å². The van der Waals surface area contributed by atoms with Crippen LogP contribution >= 0.6 is 0 Å². The van der Waals surface area contributed by atoms with Gasteiger partial charge < -0.3 is 10.2 Å². The first-order valence-electron chi connectivity index (χ1n) is 5.75. The molecule has 2 nitrogen and oxygen atoms in total. The van der Waals surface area contributed by atoms with Gasteiger partial charge in [-0.05, 0) is 51.4 Å². The molecule has 2 rings (SSSR count). The Hall–Kier alpha value is -0.0800. The van der Waals surface area contributed by atoms with Crippen molar-refractivity contribution in [2.45, 2.75) is 26.7 Å². The summed E-state index contributed by atoms with van der Waals surface area (Å²) in [6.45, 7) is 9.17. The summed E-state index contributed by atoms with van der Waals surface area (Å²) in [6, 6.07) is 0. The SMILES string of the molecule is CC.CN1CCC2CNCCC2C1. The number of rotatable bonds is 0. The van der Waals surface area contributed by atoms with E-state index in [1.165, 1.54) is 39.0 Å². The summed E-state index contributed by atoms with van der Waals surface area (Å²) in [7, 11) is 2.25. The van der Waals surface area contributed by atoms with E-state index >= 15 is 0 Å². The van der Waals surface area contributed by atoms with Gasteiger partial charge in [0.1, 0.15) is 0 Å². The average molecular weight is 184 g/mol. The Labute approximate surface area is 82.7 Å². The monoisotopic (exact) mass is 184 g/mol. The zero-order valence-electron chi connectivity index (χ0n) is 9.34. The van der Waals surface area contributed by atoms with Crippen molar-refractivity contribution in [3.63, 3.8) is 0 Å². The van der Waals surface area contributed by atoms with Crippen LogP contribution in [-0.4, -0.2) is 38.1 Å². The van der Waals surface area contributed by atoms with Gasteiger partial charge in [0.15, 0.2) is 0 Å². The Balaban J connectivity index is 0.000000396. The number of nitrogens with zero attached hydrogens (tertiary/aromatic N) is 1. The summed E-state index contributed by atoms with van der Waals surface area (Å²) in [5.41, 5.74) is 0. The molecule has 0 aromatic carbocycles. The molecular formula is C11H24N2. The number of nitrogens with one attached hydrogen (secondary N) is 1. The summed E-state index contributed by atoms with van der Waals surface area (Å²) in [6.07, 6.45) is 2.81. The molecule has 2 atom stereocenters. The van der Waals surface area contributed by atoms with E-state index in [1.807, 2.05) is 13.8 Å². The van der Waals surface area contributed by atoms with Gasteiger partial charge in [0.05, 0.1) is 0 Å². The molecule has 2 fully saturated rings. The molecule has 2 aliphatic heterocycles. The number of piperidine rings is 2. The third kappa shape index (κ3) is 2.96. The van der Waals surface area contributed by atoms with Crippen LogP contribution in [-0.2, 0) is 0 Å². The second-order valence-corrected chi connectivity index (χ2v) is 4.06. The largest absolute Gasteiger partial charge is 0.316 e. The second-order valence-electron chi connectivity index (χ2n) is 4.06. The highest BCUT2D eigenvalue weighted by molar-refractivity contribution is 4.84. The molecule has 0 radical (unpaired) electrons. The predicted molar refractivity (Wildman–Crippen MR) is 57.9 cm³/mol. The van der Waals surface area contributed by atoms with E-state index in [9.17, 15) is 0 Å². The van der Waals surface area contributed by atoms with Crippen LogP contribution in [0.4, 0.5) is 0 Å². The van der Waals surface area contributed by atoms with Gasteiger partial charge in [0, 0.05) is 6.54 Å². The van der Waals surface area contributed by atoms with Gasteiger partial charge in [0.2, 0.25) is 0 Å². The van der Waals surface area contributed by atoms with E-state index in [0.29, 0.717) is 0 Å². The van der Waals surface area contributed by atoms with Crippen molar-refractivity contribution in [3.8, 4) is 0 Å². The van der Waals surface area contributed by atoms with Crippen molar-refractivity contribution in [3.05, 3.63) is 0 Å². The Kier molecular flexibility index (Phi) is 4.74. The third-order valence-electron chi connectivity index (χ3n) is 3.19. The minimum absolute atomic E-state index is 0.986. The summed E-state index contributed by atoms with van der Waals surface area (Å²) in [4.78, 5) is 2.48. The van der Waals surface area contributed by atoms with Crippen LogP contribution in [0.3, 0.4) is 0 Å². The average Bonchev–Trinajstić information content (AvgIpc) is 2.21. The lowest BCUT2D eigenvalue weighted by atomic mass is 9.81. The Bertz CT molecular complexity index is 136. The van der Waals surface area contributed by atoms with Crippen molar-refractivity contribution >= 4 is 0 Å². The lowest BCUT2D eigenvalue weighted by molar-refractivity contribution is 0.115. The highest BCUT2D eigenvalue weighted by atomic mass is 15.1. The zero-order valence-corrected chi connectivity index (χ0v) is 9.34. The fraction of sp³-hybridized carbons (Fsp3) is 1.00. The van der Waals surface area contributed by atoms with Gasteiger partial charge in [-0.2, -0.15) is 0 Å². The molecule has 0 bridgehead atoms. The van der Waals surface area contributed by atoms with E-state index in [1.54, 1.807) is 0 Å². The first-order valence-corrected chi connectivity index (χ1v) is 5.75. The fourth-order valence-corrected chi connectivity index (χ4v) is 2.43. The minimum atomic E-state index is 0.986. The summed E-state index contributed by atoms with van der Waals surface area (Å²) < 4.78 is 0. The molecule has 0 aliphatic carbocycles. The van der Waals surface area contributed by atoms with Crippen LogP contribution in [0.5, 0.6) is 0 Å². The molecule has 78 valence electrons. The standard InChI is InChI=1S/C9H18N2.C2H6/c1-11-5-3-8-6-10-4-2-9(8)7-11;1-2/h8-10H,2-7H2,1H3;1-2H3. The smallest absolute Gasteiger partial charge is 0.00102 e. The van der Waals surface area contributed by atoms with E-state index in [2.05, 4.69) is 17.3 Å². The molecule has 0 amide bonds. The molecule has 13 heavy (non-hydrogen) atoms. The predicted octanol–water partition coefficient (Wildman–Crippen LogP) is 1.57. The van der Waals surface area contributed by atoms with Gasteiger partial charge in [0.25, 0.3) is 0 Å². The van der Waals surface area contributed by atoms with Crippen LogP contribution in [0.2, 0.25) is 0 Å². The normalized spacial score (nSPS) is 34.4. The van der Waals surface area contributed by atoms with E-state index in [-0.39, 0.29) is 0 Å². The highest BCUT2D eigenvalue weighted by Crippen LogP contribution is 2.26. The molecular weight excluding hydrogens is 160 g/mol. The van der Waals surface area contributed by atoms with Gasteiger partial charge >= 0.3 is 0 Å². The number of hydrogen-bond donors (Lipinski definition) is 1. The first kappa shape index (κ1) is 11.0. The summed E-state index contributed by atoms with van der Waals surface area (Å²) >= 11 is 0. The molecule has 2 heteroatoms. The molecule has 2 aliphatic rings. The first-order chi connectivity index (χ1) is 6.36. The summed E-state index contributed by atoms with van der Waals surface area (Å²) in [5, 5.41) is 3.48. The molecule has 0 aromatic heterocycles. The molecule has 0 aromatic rings. The maximum atomic E-state index is 3.48. The van der Waals surface area contributed by atoms with Crippen molar-refractivity contribution < 1.29 is 0 Å². The maximum absolute atomic E-state index is 3.48. The lowest BCUT2D eigenvalue weighted by Crippen LogP contribution is -2.46. The maximum Gasteiger partial charge on any atom is 0.00102 e. The molecule has 2 unspecified atom stereocenters. The lowest BCUT2D eigenvalue weighted by Gasteiger charge is -2.40. The fourth-order valence-electron chi connectivity index (χ4n) is 2.43. The molecule has 0 spiro atoms.